The monoisotopic (exact) mass is 416 g/mol. The minimum atomic E-state index is -4.57. The van der Waals surface area contributed by atoms with Crippen LogP contribution in [0.5, 0.6) is 5.75 Å². The maximum Gasteiger partial charge on any atom is 0.417 e. The van der Waals surface area contributed by atoms with E-state index in [0.717, 1.165) is 6.07 Å². The van der Waals surface area contributed by atoms with E-state index in [1.54, 1.807) is 12.1 Å². The molecule has 0 heterocycles. The van der Waals surface area contributed by atoms with Crippen molar-refractivity contribution >= 4 is 33.4 Å². The molecule has 0 aromatic heterocycles. The summed E-state index contributed by atoms with van der Waals surface area (Å²) >= 11 is 2.83. The molecule has 2 amide bonds. The molecular formula is C16H12BrF3N2O3. The van der Waals surface area contributed by atoms with Crippen LogP contribution in [0.3, 0.4) is 0 Å². The summed E-state index contributed by atoms with van der Waals surface area (Å²) in [6.45, 7) is -0.430. The molecule has 0 spiro atoms. The van der Waals surface area contributed by atoms with Gasteiger partial charge >= 0.3 is 6.18 Å². The van der Waals surface area contributed by atoms with E-state index in [2.05, 4.69) is 21.2 Å². The van der Waals surface area contributed by atoms with Gasteiger partial charge in [0.1, 0.15) is 5.75 Å². The van der Waals surface area contributed by atoms with Gasteiger partial charge in [0, 0.05) is 10.2 Å². The Morgan fingerprint density at radius 2 is 1.84 bits per heavy atom. The molecular weight excluding hydrogens is 405 g/mol. The quantitative estimate of drug-likeness (QED) is 0.781. The van der Waals surface area contributed by atoms with Gasteiger partial charge in [-0.1, -0.05) is 28.1 Å². The highest BCUT2D eigenvalue weighted by molar-refractivity contribution is 9.10. The van der Waals surface area contributed by atoms with Crippen molar-refractivity contribution in [2.24, 2.45) is 5.73 Å². The Morgan fingerprint density at radius 1 is 1.16 bits per heavy atom. The molecule has 25 heavy (non-hydrogen) atoms. The number of rotatable bonds is 5. The molecule has 5 nitrogen and oxygen atoms in total. The van der Waals surface area contributed by atoms with Crippen molar-refractivity contribution in [3.05, 3.63) is 58.1 Å². The number of nitrogens with one attached hydrogen (secondary N) is 1. The van der Waals surface area contributed by atoms with Gasteiger partial charge < -0.3 is 15.8 Å². The molecule has 0 atom stereocenters. The number of amides is 2. The predicted molar refractivity (Wildman–Crippen MR) is 88.2 cm³/mol. The molecule has 0 fully saturated rings. The van der Waals surface area contributed by atoms with Gasteiger partial charge in [0.15, 0.2) is 6.61 Å². The van der Waals surface area contributed by atoms with Crippen molar-refractivity contribution in [1.82, 2.24) is 0 Å². The summed E-state index contributed by atoms with van der Waals surface area (Å²) in [6, 6.07) is 9.31. The number of alkyl halides is 3. The summed E-state index contributed by atoms with van der Waals surface area (Å²) < 4.78 is 43.8. The van der Waals surface area contributed by atoms with Crippen LogP contribution < -0.4 is 15.8 Å². The number of hydrogen-bond donors (Lipinski definition) is 2. The molecule has 2 aromatic carbocycles. The average Bonchev–Trinajstić information content (AvgIpc) is 2.54. The van der Waals surface area contributed by atoms with Crippen LogP contribution in [0.2, 0.25) is 0 Å². The van der Waals surface area contributed by atoms with Crippen LogP contribution >= 0.6 is 15.9 Å². The third kappa shape index (κ3) is 4.96. The van der Waals surface area contributed by atoms with E-state index in [0.29, 0.717) is 0 Å². The molecule has 0 saturated heterocycles. The average molecular weight is 417 g/mol. The van der Waals surface area contributed by atoms with E-state index >= 15 is 0 Å². The number of anilines is 1. The summed E-state index contributed by atoms with van der Waals surface area (Å²) in [6.07, 6.45) is -4.57. The lowest BCUT2D eigenvalue weighted by atomic mass is 10.1. The van der Waals surface area contributed by atoms with Crippen molar-refractivity contribution in [2.75, 3.05) is 11.9 Å². The Bertz CT molecular complexity index is 809. The molecule has 0 unspecified atom stereocenters. The highest BCUT2D eigenvalue weighted by atomic mass is 79.9. The second-order valence-electron chi connectivity index (χ2n) is 4.90. The van der Waals surface area contributed by atoms with Crippen LogP contribution in [-0.2, 0) is 11.0 Å². The first kappa shape index (κ1) is 18.8. The topological polar surface area (TPSA) is 81.4 Å². The first-order chi connectivity index (χ1) is 11.7. The molecule has 132 valence electrons. The fraction of sp³-hybridized carbons (Fsp3) is 0.125. The van der Waals surface area contributed by atoms with E-state index < -0.39 is 30.2 Å². The highest BCUT2D eigenvalue weighted by Gasteiger charge is 2.33. The fourth-order valence-electron chi connectivity index (χ4n) is 1.95. The summed E-state index contributed by atoms with van der Waals surface area (Å²) in [4.78, 5) is 23.1. The third-order valence-corrected chi connectivity index (χ3v) is 3.72. The lowest BCUT2D eigenvalue weighted by molar-refractivity contribution is -0.138. The molecule has 0 aliphatic carbocycles. The standard InChI is InChI=1S/C16H12BrF3N2O3/c17-12-6-5-9(7-11(12)16(18,19)20)22-15(24)10-3-1-2-4-13(10)25-8-14(21)23/h1-7H,8H2,(H2,21,23)(H,22,24). The lowest BCUT2D eigenvalue weighted by Gasteiger charge is -2.13. The van der Waals surface area contributed by atoms with Gasteiger partial charge in [0.05, 0.1) is 11.1 Å². The van der Waals surface area contributed by atoms with Crippen molar-refractivity contribution < 1.29 is 27.5 Å². The second kappa shape index (κ2) is 7.56. The number of primary amides is 1. The van der Waals surface area contributed by atoms with Crippen molar-refractivity contribution in [2.45, 2.75) is 6.18 Å². The van der Waals surface area contributed by atoms with Crippen LogP contribution in [0.4, 0.5) is 18.9 Å². The lowest BCUT2D eigenvalue weighted by Crippen LogP contribution is -2.21. The summed E-state index contributed by atoms with van der Waals surface area (Å²) in [5.41, 5.74) is 4.09. The number of hydrogen-bond acceptors (Lipinski definition) is 3. The number of halogens is 4. The van der Waals surface area contributed by atoms with Gasteiger partial charge in [0.2, 0.25) is 0 Å². The molecule has 0 aliphatic rings. The SMILES string of the molecule is NC(=O)COc1ccccc1C(=O)Nc1ccc(Br)c(C(F)(F)F)c1. The first-order valence-electron chi connectivity index (χ1n) is 6.86. The van der Waals surface area contributed by atoms with Crippen LogP contribution in [0.25, 0.3) is 0 Å². The van der Waals surface area contributed by atoms with Crippen molar-refractivity contribution in [1.29, 1.82) is 0 Å². The Morgan fingerprint density at radius 3 is 2.48 bits per heavy atom. The number of ether oxygens (including phenoxy) is 1. The van der Waals surface area contributed by atoms with Gasteiger partial charge in [-0.05, 0) is 30.3 Å². The number of carbonyl (C=O) groups is 2. The summed E-state index contributed by atoms with van der Waals surface area (Å²) in [5.74, 6) is -1.32. The molecule has 2 rings (SSSR count). The predicted octanol–water partition coefficient (Wildman–Crippen LogP) is 3.58. The van der Waals surface area contributed by atoms with Crippen molar-refractivity contribution in [3.63, 3.8) is 0 Å². The normalized spacial score (nSPS) is 11.0. The molecule has 9 heteroatoms. The minimum absolute atomic E-state index is 0.0368. The summed E-state index contributed by atoms with van der Waals surface area (Å²) in [5, 5.41) is 2.37. The second-order valence-corrected chi connectivity index (χ2v) is 5.75. The fourth-order valence-corrected chi connectivity index (χ4v) is 2.42. The zero-order valence-corrected chi connectivity index (χ0v) is 14.1. The number of carbonyl (C=O) groups excluding carboxylic acids is 2. The Labute approximate surface area is 149 Å². The molecule has 0 saturated carbocycles. The minimum Gasteiger partial charge on any atom is -0.483 e. The first-order valence-corrected chi connectivity index (χ1v) is 7.66. The van der Waals surface area contributed by atoms with E-state index in [1.807, 2.05) is 0 Å². The van der Waals surface area contributed by atoms with Crippen LogP contribution in [0, 0.1) is 0 Å². The molecule has 2 aromatic rings. The molecule has 0 aliphatic heterocycles. The Balaban J connectivity index is 2.25. The van der Waals surface area contributed by atoms with E-state index in [-0.39, 0.29) is 21.5 Å². The van der Waals surface area contributed by atoms with Gasteiger partial charge in [-0.3, -0.25) is 9.59 Å². The zero-order chi connectivity index (χ0) is 18.6. The van der Waals surface area contributed by atoms with Gasteiger partial charge in [-0.15, -0.1) is 0 Å². The Hall–Kier alpha value is -2.55. The highest BCUT2D eigenvalue weighted by Crippen LogP contribution is 2.36. The third-order valence-electron chi connectivity index (χ3n) is 3.03. The number of nitrogens with two attached hydrogens (primary N) is 1. The van der Waals surface area contributed by atoms with E-state index in [1.165, 1.54) is 24.3 Å². The van der Waals surface area contributed by atoms with Gasteiger partial charge in [0.25, 0.3) is 11.8 Å². The molecule has 0 bridgehead atoms. The molecule has 3 N–H and O–H groups in total. The maximum atomic E-state index is 12.9. The van der Waals surface area contributed by atoms with Gasteiger partial charge in [-0.2, -0.15) is 13.2 Å². The smallest absolute Gasteiger partial charge is 0.417 e. The summed E-state index contributed by atoms with van der Waals surface area (Å²) in [7, 11) is 0. The van der Waals surface area contributed by atoms with Crippen LogP contribution in [0.15, 0.2) is 46.9 Å². The van der Waals surface area contributed by atoms with Gasteiger partial charge in [-0.25, -0.2) is 0 Å². The molecule has 0 radical (unpaired) electrons. The van der Waals surface area contributed by atoms with E-state index in [4.69, 9.17) is 10.5 Å². The van der Waals surface area contributed by atoms with Crippen molar-refractivity contribution in [3.8, 4) is 5.75 Å². The zero-order valence-electron chi connectivity index (χ0n) is 12.6. The van der Waals surface area contributed by atoms with E-state index in [9.17, 15) is 22.8 Å². The number of para-hydroxylation sites is 1. The van der Waals surface area contributed by atoms with Crippen LogP contribution in [0.1, 0.15) is 15.9 Å². The largest absolute Gasteiger partial charge is 0.483 e. The van der Waals surface area contributed by atoms with Crippen LogP contribution in [-0.4, -0.2) is 18.4 Å². The number of benzene rings is 2. The Kier molecular flexibility index (Phi) is 5.68. The maximum absolute atomic E-state index is 12.9.